The minimum Gasteiger partial charge on any atom is -0.442 e. The monoisotopic (exact) mass is 512 g/mol. The van der Waals surface area contributed by atoms with Gasteiger partial charge < -0.3 is 19.9 Å². The maximum absolute atomic E-state index is 15.0. The Labute approximate surface area is 205 Å². The largest absolute Gasteiger partial charge is 0.442 e. The predicted molar refractivity (Wildman–Crippen MR) is 135 cm³/mol. The summed E-state index contributed by atoms with van der Waals surface area (Å²) < 4.78 is 21.0. The van der Waals surface area contributed by atoms with Gasteiger partial charge in [-0.15, -0.1) is 11.3 Å². The van der Waals surface area contributed by atoms with E-state index in [0.29, 0.717) is 60.0 Å². The Morgan fingerprint density at radius 2 is 2.00 bits per heavy atom. The van der Waals surface area contributed by atoms with Crippen LogP contribution < -0.4 is 15.1 Å². The second kappa shape index (κ2) is 9.86. The van der Waals surface area contributed by atoms with Gasteiger partial charge in [0.05, 0.1) is 38.7 Å². The van der Waals surface area contributed by atoms with Crippen LogP contribution in [-0.4, -0.2) is 66.3 Å². The minimum atomic E-state index is -0.484. The van der Waals surface area contributed by atoms with Crippen LogP contribution in [0, 0.1) is 5.82 Å². The molecule has 1 N–H and O–H groups in total. The quantitative estimate of drug-likeness (QED) is 0.599. The lowest BCUT2D eigenvalue weighted by Gasteiger charge is -2.37. The molecule has 2 saturated heterocycles. The van der Waals surface area contributed by atoms with E-state index in [9.17, 15) is 9.18 Å². The molecule has 3 heterocycles. The van der Waals surface area contributed by atoms with Crippen molar-refractivity contribution in [3.8, 4) is 0 Å². The molecule has 1 atom stereocenters. The summed E-state index contributed by atoms with van der Waals surface area (Å²) in [6, 6.07) is 8.64. The van der Waals surface area contributed by atoms with Crippen molar-refractivity contribution in [1.29, 1.82) is 0 Å². The SMILES string of the molecule is CC(=S)NC[C@H]1CN(c2ccc(N3CCN(C(=S)c4ccc(Cl)s4)CC3)c(F)c2)C(=O)O1. The van der Waals surface area contributed by atoms with Gasteiger partial charge in [-0.3, -0.25) is 4.90 Å². The van der Waals surface area contributed by atoms with E-state index in [4.69, 9.17) is 40.8 Å². The molecule has 2 aromatic rings. The summed E-state index contributed by atoms with van der Waals surface area (Å²) in [5.74, 6) is -0.368. The number of piperazine rings is 1. The van der Waals surface area contributed by atoms with Crippen molar-refractivity contribution < 1.29 is 13.9 Å². The summed E-state index contributed by atoms with van der Waals surface area (Å²) in [7, 11) is 0. The molecule has 1 aromatic heterocycles. The lowest BCUT2D eigenvalue weighted by Crippen LogP contribution is -2.48. The number of anilines is 2. The van der Waals surface area contributed by atoms with Crippen molar-refractivity contribution in [1.82, 2.24) is 10.2 Å². The number of rotatable bonds is 5. The first-order chi connectivity index (χ1) is 15.3. The molecule has 0 bridgehead atoms. The van der Waals surface area contributed by atoms with Gasteiger partial charge in [-0.25, -0.2) is 9.18 Å². The van der Waals surface area contributed by atoms with Crippen LogP contribution in [0.15, 0.2) is 30.3 Å². The number of benzene rings is 1. The molecule has 4 rings (SSSR count). The van der Waals surface area contributed by atoms with Crippen LogP contribution >= 0.6 is 47.4 Å². The molecule has 170 valence electrons. The minimum absolute atomic E-state index is 0.335. The molecule has 2 aliphatic rings. The smallest absolute Gasteiger partial charge is 0.414 e. The maximum Gasteiger partial charge on any atom is 0.414 e. The summed E-state index contributed by atoms with van der Waals surface area (Å²) in [5.41, 5.74) is 0.993. The highest BCUT2D eigenvalue weighted by Crippen LogP contribution is 2.29. The van der Waals surface area contributed by atoms with Gasteiger partial charge in [0.15, 0.2) is 0 Å². The number of amides is 1. The molecule has 32 heavy (non-hydrogen) atoms. The lowest BCUT2D eigenvalue weighted by molar-refractivity contribution is 0.143. The van der Waals surface area contributed by atoms with Crippen LogP contribution in [0.1, 0.15) is 11.8 Å². The fourth-order valence-electron chi connectivity index (χ4n) is 3.75. The highest BCUT2D eigenvalue weighted by molar-refractivity contribution is 7.81. The van der Waals surface area contributed by atoms with E-state index >= 15 is 0 Å². The van der Waals surface area contributed by atoms with E-state index in [2.05, 4.69) is 10.2 Å². The standard InChI is InChI=1S/C21H22ClFN4O2S3/c1-13(30)24-11-15-12-27(21(28)29-15)14-2-3-17(16(23)10-14)25-6-8-26(9-7-25)20(31)18-4-5-19(22)32-18/h2-5,10,15H,6-9,11-12H2,1H3,(H,24,30)/t15-/m0/s1. The third-order valence-electron chi connectivity index (χ3n) is 5.39. The number of carbonyl (C=O) groups excluding carboxylic acids is 1. The Bertz CT molecular complexity index is 1040. The predicted octanol–water partition coefficient (Wildman–Crippen LogP) is 4.30. The topological polar surface area (TPSA) is 48.0 Å². The highest BCUT2D eigenvalue weighted by atomic mass is 35.5. The van der Waals surface area contributed by atoms with Crippen LogP contribution in [0.4, 0.5) is 20.6 Å². The van der Waals surface area contributed by atoms with Gasteiger partial charge in [-0.2, -0.15) is 0 Å². The first kappa shape index (κ1) is 23.2. The normalized spacial score (nSPS) is 18.7. The van der Waals surface area contributed by atoms with Crippen LogP contribution in [-0.2, 0) is 4.74 Å². The van der Waals surface area contributed by atoms with Crippen molar-refractivity contribution in [2.45, 2.75) is 13.0 Å². The number of thiophene rings is 1. The fourth-order valence-corrected chi connectivity index (χ4v) is 5.22. The molecular formula is C21H22ClFN4O2S3. The number of thiocarbonyl (C=S) groups is 2. The van der Waals surface area contributed by atoms with Crippen molar-refractivity contribution >= 4 is 74.8 Å². The summed E-state index contributed by atoms with van der Waals surface area (Å²) in [6.45, 7) is 5.23. The molecule has 0 saturated carbocycles. The number of halogens is 2. The van der Waals surface area contributed by atoms with E-state index in [1.165, 1.54) is 22.3 Å². The zero-order chi connectivity index (χ0) is 22.8. The average molecular weight is 513 g/mol. The summed E-state index contributed by atoms with van der Waals surface area (Å²) in [5, 5.41) is 2.99. The summed E-state index contributed by atoms with van der Waals surface area (Å²) in [6.07, 6.45) is -0.819. The molecule has 0 spiro atoms. The molecule has 2 fully saturated rings. The number of nitrogens with zero attached hydrogens (tertiary/aromatic N) is 3. The van der Waals surface area contributed by atoms with E-state index < -0.39 is 6.09 Å². The van der Waals surface area contributed by atoms with Gasteiger partial charge in [-0.1, -0.05) is 36.0 Å². The highest BCUT2D eigenvalue weighted by Gasteiger charge is 2.33. The fraction of sp³-hybridized carbons (Fsp3) is 0.381. The van der Waals surface area contributed by atoms with Gasteiger partial charge in [0.25, 0.3) is 0 Å². The number of cyclic esters (lactones) is 1. The van der Waals surface area contributed by atoms with Gasteiger partial charge in [0, 0.05) is 26.2 Å². The van der Waals surface area contributed by atoms with E-state index in [1.54, 1.807) is 19.1 Å². The van der Waals surface area contributed by atoms with E-state index in [0.717, 1.165) is 9.87 Å². The molecule has 1 amide bonds. The van der Waals surface area contributed by atoms with Crippen LogP contribution in [0.2, 0.25) is 4.34 Å². The van der Waals surface area contributed by atoms with E-state index in [-0.39, 0.29) is 11.9 Å². The van der Waals surface area contributed by atoms with E-state index in [1.807, 2.05) is 17.0 Å². The summed E-state index contributed by atoms with van der Waals surface area (Å²) in [4.78, 5) is 20.2. The van der Waals surface area contributed by atoms with Crippen molar-refractivity contribution in [3.05, 3.63) is 45.4 Å². The number of carbonyl (C=O) groups is 1. The Hall–Kier alpha value is -2.01. The Morgan fingerprint density at radius 3 is 2.62 bits per heavy atom. The van der Waals surface area contributed by atoms with Gasteiger partial charge in [0.2, 0.25) is 0 Å². The first-order valence-electron chi connectivity index (χ1n) is 10.1. The number of nitrogens with one attached hydrogen (secondary N) is 1. The van der Waals surface area contributed by atoms with Crippen LogP contribution in [0.3, 0.4) is 0 Å². The lowest BCUT2D eigenvalue weighted by atomic mass is 10.2. The molecule has 0 aliphatic carbocycles. The third-order valence-corrected chi connectivity index (χ3v) is 7.38. The Balaban J connectivity index is 1.37. The zero-order valence-electron chi connectivity index (χ0n) is 17.3. The van der Waals surface area contributed by atoms with Crippen molar-refractivity contribution in [2.75, 3.05) is 49.1 Å². The molecule has 2 aliphatic heterocycles. The van der Waals surface area contributed by atoms with Gasteiger partial charge in [0.1, 0.15) is 16.9 Å². The van der Waals surface area contributed by atoms with Crippen molar-refractivity contribution in [3.63, 3.8) is 0 Å². The molecule has 11 heteroatoms. The number of hydrogen-bond donors (Lipinski definition) is 1. The molecule has 0 radical (unpaired) electrons. The van der Waals surface area contributed by atoms with Crippen molar-refractivity contribution in [2.24, 2.45) is 0 Å². The van der Waals surface area contributed by atoms with Crippen LogP contribution in [0.25, 0.3) is 0 Å². The molecule has 0 unspecified atom stereocenters. The Kier molecular flexibility index (Phi) is 7.14. The maximum atomic E-state index is 15.0. The molecule has 1 aromatic carbocycles. The Morgan fingerprint density at radius 1 is 1.25 bits per heavy atom. The van der Waals surface area contributed by atoms with Crippen LogP contribution in [0.5, 0.6) is 0 Å². The first-order valence-corrected chi connectivity index (χ1v) is 12.1. The number of hydrogen-bond acceptors (Lipinski definition) is 6. The summed E-state index contributed by atoms with van der Waals surface area (Å²) >= 11 is 18.1. The zero-order valence-corrected chi connectivity index (χ0v) is 20.6. The number of ether oxygens (including phenoxy) is 1. The van der Waals surface area contributed by atoms with Gasteiger partial charge >= 0.3 is 6.09 Å². The van der Waals surface area contributed by atoms with Gasteiger partial charge in [-0.05, 0) is 37.3 Å². The molecular weight excluding hydrogens is 491 g/mol. The second-order valence-electron chi connectivity index (χ2n) is 7.57. The second-order valence-corrected chi connectivity index (χ2v) is 10.3. The molecule has 6 nitrogen and oxygen atoms in total. The third kappa shape index (κ3) is 5.14. The average Bonchev–Trinajstić information content (AvgIpc) is 3.37.